The lowest BCUT2D eigenvalue weighted by molar-refractivity contribution is 0.953. The van der Waals surface area contributed by atoms with Crippen LogP contribution < -0.4 is 11.5 Å². The Balaban J connectivity index is 1.23. The molecule has 4 heterocycles. The highest BCUT2D eigenvalue weighted by Gasteiger charge is 2.26. The molecule has 5 aromatic carbocycles. The Hall–Kier alpha value is -6.51. The zero-order valence-electron chi connectivity index (χ0n) is 27.5. The molecule has 0 spiro atoms. The summed E-state index contributed by atoms with van der Waals surface area (Å²) in [5.41, 5.74) is 23.5. The summed E-state index contributed by atoms with van der Waals surface area (Å²) in [6.07, 6.45) is 6.35. The summed E-state index contributed by atoms with van der Waals surface area (Å²) in [6, 6.07) is 43.5. The van der Waals surface area contributed by atoms with Crippen molar-refractivity contribution in [3.05, 3.63) is 144 Å². The second kappa shape index (κ2) is 11.5. The van der Waals surface area contributed by atoms with Crippen molar-refractivity contribution in [3.63, 3.8) is 0 Å². The topological polar surface area (TPSA) is 101 Å². The standard InChI is InChI=1S/C43H31N7S/c44-37-30-18-8-11-21-34(30)49(39(37)40-38(45)31-19-9-12-22-36(31)51-40)28-23-24-35-32(25-28)29-17-7-10-20-33(29)50(35)43-47-41(26-13-3-1-4-14-26)46-42(48-43)27-15-5-2-6-16-27/h1-8,10-18,20-25H,9,19,44-45H2. The minimum Gasteiger partial charge on any atom is -0.397 e. The van der Waals surface area contributed by atoms with Crippen LogP contribution in [0.3, 0.4) is 0 Å². The molecule has 7 nitrogen and oxygen atoms in total. The summed E-state index contributed by atoms with van der Waals surface area (Å²) < 4.78 is 4.42. The third kappa shape index (κ3) is 4.61. The molecule has 4 N–H and O–H groups in total. The van der Waals surface area contributed by atoms with Gasteiger partial charge in [0.15, 0.2) is 11.6 Å². The Morgan fingerprint density at radius 3 is 1.86 bits per heavy atom. The maximum atomic E-state index is 7.03. The number of nitrogens with zero attached hydrogens (tertiary/aromatic N) is 5. The van der Waals surface area contributed by atoms with E-state index in [0.29, 0.717) is 17.6 Å². The zero-order valence-corrected chi connectivity index (χ0v) is 28.3. The molecular formula is C43H31N7S. The van der Waals surface area contributed by atoms with E-state index in [1.54, 1.807) is 11.3 Å². The molecule has 8 heteroatoms. The van der Waals surface area contributed by atoms with Gasteiger partial charge in [-0.05, 0) is 54.8 Å². The van der Waals surface area contributed by atoms with E-state index in [1.165, 1.54) is 10.4 Å². The summed E-state index contributed by atoms with van der Waals surface area (Å²) in [5.74, 6) is 1.79. The molecule has 1 aliphatic rings. The van der Waals surface area contributed by atoms with Crippen molar-refractivity contribution >= 4 is 61.5 Å². The number of hydrogen-bond acceptors (Lipinski definition) is 6. The lowest BCUT2D eigenvalue weighted by Gasteiger charge is -2.13. The second-order valence-corrected chi connectivity index (χ2v) is 13.9. The number of allylic oxidation sites excluding steroid dienone is 1. The van der Waals surface area contributed by atoms with Crippen LogP contribution in [0.15, 0.2) is 133 Å². The molecule has 0 unspecified atom stereocenters. The number of benzene rings is 5. The number of anilines is 2. The van der Waals surface area contributed by atoms with Crippen LogP contribution in [-0.2, 0) is 6.42 Å². The first kappa shape index (κ1) is 29.4. The van der Waals surface area contributed by atoms with Gasteiger partial charge in [-0.25, -0.2) is 4.98 Å². The van der Waals surface area contributed by atoms with Crippen molar-refractivity contribution in [2.45, 2.75) is 12.8 Å². The van der Waals surface area contributed by atoms with Crippen LogP contribution in [-0.4, -0.2) is 24.1 Å². The van der Waals surface area contributed by atoms with Crippen molar-refractivity contribution in [2.75, 3.05) is 11.5 Å². The molecule has 51 heavy (non-hydrogen) atoms. The predicted octanol–water partition coefficient (Wildman–Crippen LogP) is 10.1. The molecule has 0 radical (unpaired) electrons. The number of aromatic nitrogens is 5. The molecule has 0 saturated carbocycles. The Bertz CT molecular complexity index is 2770. The first-order chi connectivity index (χ1) is 25.1. The Kier molecular flexibility index (Phi) is 6.65. The van der Waals surface area contributed by atoms with Gasteiger partial charge in [-0.15, -0.1) is 11.3 Å². The third-order valence-corrected chi connectivity index (χ3v) is 11.1. The Morgan fingerprint density at radius 2 is 1.18 bits per heavy atom. The smallest absolute Gasteiger partial charge is 0.238 e. The normalized spacial score (nSPS) is 12.6. The number of nitrogen functional groups attached to an aromatic ring is 2. The van der Waals surface area contributed by atoms with E-state index < -0.39 is 0 Å². The van der Waals surface area contributed by atoms with E-state index >= 15 is 0 Å². The highest BCUT2D eigenvalue weighted by molar-refractivity contribution is 7.17. The summed E-state index contributed by atoms with van der Waals surface area (Å²) in [4.78, 5) is 17.3. The molecule has 0 fully saturated rings. The van der Waals surface area contributed by atoms with Gasteiger partial charge in [-0.2, -0.15) is 9.97 Å². The van der Waals surface area contributed by atoms with Crippen LogP contribution in [0.5, 0.6) is 0 Å². The second-order valence-electron chi connectivity index (χ2n) is 12.8. The van der Waals surface area contributed by atoms with Crippen LogP contribution in [0.1, 0.15) is 16.9 Å². The van der Waals surface area contributed by atoms with Crippen LogP contribution >= 0.6 is 11.3 Å². The molecule has 10 rings (SSSR count). The number of hydrogen-bond donors (Lipinski definition) is 2. The summed E-state index contributed by atoms with van der Waals surface area (Å²) in [6.45, 7) is 0. The maximum absolute atomic E-state index is 7.03. The highest BCUT2D eigenvalue weighted by Crippen LogP contribution is 2.48. The van der Waals surface area contributed by atoms with Crippen molar-refractivity contribution < 1.29 is 0 Å². The van der Waals surface area contributed by atoms with Crippen LogP contribution in [0.2, 0.25) is 0 Å². The summed E-state index contributed by atoms with van der Waals surface area (Å²) >= 11 is 1.72. The molecule has 0 amide bonds. The lowest BCUT2D eigenvalue weighted by atomic mass is 10.0. The molecule has 244 valence electrons. The summed E-state index contributed by atoms with van der Waals surface area (Å²) in [7, 11) is 0. The summed E-state index contributed by atoms with van der Waals surface area (Å²) in [5, 5.41) is 3.18. The monoisotopic (exact) mass is 677 g/mol. The predicted molar refractivity (Wildman–Crippen MR) is 211 cm³/mol. The number of nitrogens with two attached hydrogens (primary N) is 2. The van der Waals surface area contributed by atoms with Gasteiger partial charge < -0.3 is 16.0 Å². The van der Waals surface area contributed by atoms with Gasteiger partial charge in [-0.1, -0.05) is 103 Å². The molecule has 4 aromatic heterocycles. The SMILES string of the molecule is Nc1c(-c2c(N)c3ccccc3n2-c2ccc3c(c2)c2ccccc2n3-c2nc(-c3ccccc3)nc(-c3ccccc3)n2)sc2c1CCC=C2. The molecule has 0 aliphatic heterocycles. The van der Waals surface area contributed by atoms with Gasteiger partial charge >= 0.3 is 0 Å². The number of para-hydroxylation sites is 2. The average Bonchev–Trinajstić information content (AvgIpc) is 3.81. The van der Waals surface area contributed by atoms with Gasteiger partial charge in [0, 0.05) is 37.9 Å². The van der Waals surface area contributed by atoms with Gasteiger partial charge in [0.25, 0.3) is 0 Å². The fraction of sp³-hybridized carbons (Fsp3) is 0.0465. The van der Waals surface area contributed by atoms with Gasteiger partial charge in [0.05, 0.1) is 38.5 Å². The first-order valence-corrected chi connectivity index (χ1v) is 17.8. The Labute approximate surface area is 297 Å². The maximum Gasteiger partial charge on any atom is 0.238 e. The number of fused-ring (bicyclic) bond motifs is 5. The van der Waals surface area contributed by atoms with E-state index in [-0.39, 0.29) is 0 Å². The number of thiophene rings is 1. The van der Waals surface area contributed by atoms with Gasteiger partial charge in [0.1, 0.15) is 0 Å². The van der Waals surface area contributed by atoms with Gasteiger partial charge in [0.2, 0.25) is 5.95 Å². The van der Waals surface area contributed by atoms with Crippen LogP contribution in [0, 0.1) is 0 Å². The van der Waals surface area contributed by atoms with E-state index in [4.69, 9.17) is 26.4 Å². The van der Waals surface area contributed by atoms with Crippen LogP contribution in [0.25, 0.3) is 83.8 Å². The molecule has 1 aliphatic carbocycles. The van der Waals surface area contributed by atoms with Crippen molar-refractivity contribution in [3.8, 4) is 45.0 Å². The highest BCUT2D eigenvalue weighted by atomic mass is 32.1. The molecule has 0 atom stereocenters. The first-order valence-electron chi connectivity index (χ1n) is 17.0. The van der Waals surface area contributed by atoms with Gasteiger partial charge in [-0.3, -0.25) is 4.57 Å². The van der Waals surface area contributed by atoms with E-state index in [2.05, 4.69) is 81.9 Å². The van der Waals surface area contributed by atoms with E-state index in [1.807, 2.05) is 66.7 Å². The van der Waals surface area contributed by atoms with Crippen molar-refractivity contribution in [2.24, 2.45) is 0 Å². The largest absolute Gasteiger partial charge is 0.397 e. The van der Waals surface area contributed by atoms with Crippen molar-refractivity contribution in [1.82, 2.24) is 24.1 Å². The zero-order chi connectivity index (χ0) is 34.1. The Morgan fingerprint density at radius 1 is 0.569 bits per heavy atom. The molecule has 9 aromatic rings. The quantitative estimate of drug-likeness (QED) is 0.189. The molecule has 0 bridgehead atoms. The molecule has 0 saturated heterocycles. The average molecular weight is 678 g/mol. The van der Waals surface area contributed by atoms with Crippen LogP contribution in [0.4, 0.5) is 11.4 Å². The third-order valence-electron chi connectivity index (χ3n) is 9.84. The fourth-order valence-electron chi connectivity index (χ4n) is 7.45. The lowest BCUT2D eigenvalue weighted by Crippen LogP contribution is -2.06. The molecular weight excluding hydrogens is 647 g/mol. The number of rotatable bonds is 5. The van der Waals surface area contributed by atoms with E-state index in [9.17, 15) is 0 Å². The van der Waals surface area contributed by atoms with E-state index in [0.717, 1.165) is 84.3 Å². The minimum absolute atomic E-state index is 0.558. The minimum atomic E-state index is 0.558. The fourth-order valence-corrected chi connectivity index (χ4v) is 8.70. The van der Waals surface area contributed by atoms with Crippen molar-refractivity contribution in [1.29, 1.82) is 0 Å².